The van der Waals surface area contributed by atoms with Gasteiger partial charge in [-0.05, 0) is 47.9 Å². The molecule has 3 aromatic rings. The topological polar surface area (TPSA) is 58.6 Å². The molecule has 0 spiro atoms. The summed E-state index contributed by atoms with van der Waals surface area (Å²) in [4.78, 5) is 27.1. The Hall–Kier alpha value is -3.67. The van der Waals surface area contributed by atoms with E-state index in [2.05, 4.69) is 5.32 Å². The zero-order chi connectivity index (χ0) is 22.5. The van der Waals surface area contributed by atoms with Crippen LogP contribution in [0.15, 0.2) is 72.8 Å². The van der Waals surface area contributed by atoms with Crippen LogP contribution in [-0.2, 0) is 22.7 Å². The standard InChI is InChI=1S/C26H25FN2O3/c1-2-29(26(31)23-15-25(30)28-24-14-20(27)10-13-22(23)24)16-18-8-11-21(12-9-18)32-17-19-6-4-3-5-7-19/h3-14,23H,2,15-17H2,1H3,(H,28,30). The molecule has 3 aromatic carbocycles. The summed E-state index contributed by atoms with van der Waals surface area (Å²) < 4.78 is 19.4. The van der Waals surface area contributed by atoms with Gasteiger partial charge in [-0.2, -0.15) is 0 Å². The minimum atomic E-state index is -0.618. The number of ether oxygens (including phenoxy) is 1. The van der Waals surface area contributed by atoms with Gasteiger partial charge in [-0.3, -0.25) is 9.59 Å². The van der Waals surface area contributed by atoms with Crippen molar-refractivity contribution in [1.82, 2.24) is 4.90 Å². The normalized spacial score (nSPS) is 14.9. The first-order chi connectivity index (χ1) is 15.5. The number of carbonyl (C=O) groups is 2. The average molecular weight is 432 g/mol. The van der Waals surface area contributed by atoms with E-state index < -0.39 is 11.7 Å². The van der Waals surface area contributed by atoms with Crippen LogP contribution in [0.3, 0.4) is 0 Å². The number of anilines is 1. The van der Waals surface area contributed by atoms with Crippen molar-refractivity contribution in [2.75, 3.05) is 11.9 Å². The molecule has 0 fully saturated rings. The fourth-order valence-electron chi connectivity index (χ4n) is 3.88. The van der Waals surface area contributed by atoms with Gasteiger partial charge in [0.25, 0.3) is 0 Å². The number of amides is 2. The molecule has 0 radical (unpaired) electrons. The smallest absolute Gasteiger partial charge is 0.231 e. The average Bonchev–Trinajstić information content (AvgIpc) is 2.81. The Morgan fingerprint density at radius 1 is 1.06 bits per heavy atom. The summed E-state index contributed by atoms with van der Waals surface area (Å²) in [6, 6.07) is 21.8. The van der Waals surface area contributed by atoms with E-state index in [1.54, 1.807) is 11.0 Å². The van der Waals surface area contributed by atoms with Crippen molar-refractivity contribution < 1.29 is 18.7 Å². The number of nitrogens with zero attached hydrogens (tertiary/aromatic N) is 1. The number of fused-ring (bicyclic) bond motifs is 1. The van der Waals surface area contributed by atoms with Crippen molar-refractivity contribution in [2.45, 2.75) is 32.4 Å². The number of carbonyl (C=O) groups excluding carboxylic acids is 2. The molecule has 0 saturated heterocycles. The monoisotopic (exact) mass is 432 g/mol. The largest absolute Gasteiger partial charge is 0.489 e. The summed E-state index contributed by atoms with van der Waals surface area (Å²) in [5, 5.41) is 2.66. The summed E-state index contributed by atoms with van der Waals surface area (Å²) in [6.07, 6.45) is 0.0558. The Kier molecular flexibility index (Phi) is 6.50. The van der Waals surface area contributed by atoms with Crippen molar-refractivity contribution in [1.29, 1.82) is 0 Å². The highest BCUT2D eigenvalue weighted by Gasteiger charge is 2.33. The molecule has 0 aromatic heterocycles. The Morgan fingerprint density at radius 3 is 2.53 bits per heavy atom. The maximum absolute atomic E-state index is 13.6. The summed E-state index contributed by atoms with van der Waals surface area (Å²) in [7, 11) is 0. The van der Waals surface area contributed by atoms with Crippen LogP contribution in [0.1, 0.15) is 36.0 Å². The van der Waals surface area contributed by atoms with Gasteiger partial charge < -0.3 is 15.0 Å². The molecule has 0 saturated carbocycles. The first-order valence-corrected chi connectivity index (χ1v) is 10.7. The summed E-state index contributed by atoms with van der Waals surface area (Å²) in [5.74, 6) is -0.726. The van der Waals surface area contributed by atoms with Crippen LogP contribution < -0.4 is 10.1 Å². The van der Waals surface area contributed by atoms with Crippen molar-refractivity contribution in [3.8, 4) is 5.75 Å². The number of hydrogen-bond donors (Lipinski definition) is 1. The van der Waals surface area contributed by atoms with Crippen LogP contribution in [0.4, 0.5) is 10.1 Å². The van der Waals surface area contributed by atoms with Crippen molar-refractivity contribution >= 4 is 17.5 Å². The molecule has 1 N–H and O–H groups in total. The molecular weight excluding hydrogens is 407 g/mol. The molecule has 0 bridgehead atoms. The van der Waals surface area contributed by atoms with Crippen molar-refractivity contribution in [3.63, 3.8) is 0 Å². The number of rotatable bonds is 7. The van der Waals surface area contributed by atoms with Crippen LogP contribution in [0.5, 0.6) is 5.75 Å². The van der Waals surface area contributed by atoms with E-state index in [1.807, 2.05) is 61.5 Å². The van der Waals surface area contributed by atoms with Crippen molar-refractivity contribution in [3.05, 3.63) is 95.3 Å². The molecule has 1 aliphatic heterocycles. The van der Waals surface area contributed by atoms with Gasteiger partial charge in [0, 0.05) is 25.2 Å². The van der Waals surface area contributed by atoms with Gasteiger partial charge in [0.05, 0.1) is 5.92 Å². The Bertz CT molecular complexity index is 1100. The Balaban J connectivity index is 1.43. The number of nitrogens with one attached hydrogen (secondary N) is 1. The molecule has 0 aliphatic carbocycles. The number of benzene rings is 3. The van der Waals surface area contributed by atoms with Crippen molar-refractivity contribution in [2.24, 2.45) is 0 Å². The second-order valence-corrected chi connectivity index (χ2v) is 7.81. The highest BCUT2D eigenvalue weighted by molar-refractivity contribution is 6.01. The van der Waals surface area contributed by atoms with Gasteiger partial charge in [0.15, 0.2) is 0 Å². The highest BCUT2D eigenvalue weighted by Crippen LogP contribution is 2.34. The van der Waals surface area contributed by atoms with E-state index in [0.717, 1.165) is 16.9 Å². The summed E-state index contributed by atoms with van der Waals surface area (Å²) >= 11 is 0. The summed E-state index contributed by atoms with van der Waals surface area (Å²) in [6.45, 7) is 3.32. The van der Waals surface area contributed by atoms with Gasteiger partial charge in [0.1, 0.15) is 18.2 Å². The van der Waals surface area contributed by atoms with E-state index in [9.17, 15) is 14.0 Å². The predicted octanol–water partition coefficient (Wildman–Crippen LogP) is 4.88. The fraction of sp³-hybridized carbons (Fsp3) is 0.231. The first kappa shape index (κ1) is 21.6. The minimum Gasteiger partial charge on any atom is -0.489 e. The lowest BCUT2D eigenvalue weighted by molar-refractivity contribution is -0.135. The fourth-order valence-corrected chi connectivity index (χ4v) is 3.88. The predicted molar refractivity (Wildman–Crippen MR) is 121 cm³/mol. The van der Waals surface area contributed by atoms with Gasteiger partial charge in [0.2, 0.25) is 11.8 Å². The molecule has 6 heteroatoms. The minimum absolute atomic E-state index is 0.0558. The highest BCUT2D eigenvalue weighted by atomic mass is 19.1. The van der Waals surface area contributed by atoms with E-state index in [1.165, 1.54) is 12.1 Å². The third kappa shape index (κ3) is 4.97. The zero-order valence-electron chi connectivity index (χ0n) is 17.9. The van der Waals surface area contributed by atoms with Crippen LogP contribution in [0.25, 0.3) is 0 Å². The maximum atomic E-state index is 13.6. The molecule has 1 unspecified atom stereocenters. The molecule has 4 rings (SSSR count). The van der Waals surface area contributed by atoms with E-state index in [4.69, 9.17) is 4.74 Å². The van der Waals surface area contributed by atoms with Crippen LogP contribution in [0, 0.1) is 5.82 Å². The van der Waals surface area contributed by atoms with Gasteiger partial charge in [-0.1, -0.05) is 48.5 Å². The molecule has 164 valence electrons. The molecule has 5 nitrogen and oxygen atoms in total. The first-order valence-electron chi connectivity index (χ1n) is 10.7. The Morgan fingerprint density at radius 2 is 1.81 bits per heavy atom. The summed E-state index contributed by atoms with van der Waals surface area (Å²) in [5.41, 5.74) is 3.08. The lowest BCUT2D eigenvalue weighted by Crippen LogP contribution is -2.38. The van der Waals surface area contributed by atoms with Gasteiger partial charge >= 0.3 is 0 Å². The quantitative estimate of drug-likeness (QED) is 0.579. The molecule has 1 aliphatic rings. The second-order valence-electron chi connectivity index (χ2n) is 7.81. The third-order valence-electron chi connectivity index (χ3n) is 5.59. The number of halogens is 1. The van der Waals surface area contributed by atoms with Crippen LogP contribution in [-0.4, -0.2) is 23.3 Å². The molecule has 32 heavy (non-hydrogen) atoms. The van der Waals surface area contributed by atoms with Gasteiger partial charge in [-0.25, -0.2) is 4.39 Å². The molecule has 1 atom stereocenters. The lowest BCUT2D eigenvalue weighted by atomic mass is 9.89. The Labute approximate surface area is 186 Å². The second kappa shape index (κ2) is 9.64. The van der Waals surface area contributed by atoms with Crippen LogP contribution >= 0.6 is 0 Å². The molecular formula is C26H25FN2O3. The van der Waals surface area contributed by atoms with E-state index >= 15 is 0 Å². The lowest BCUT2D eigenvalue weighted by Gasteiger charge is -2.30. The van der Waals surface area contributed by atoms with E-state index in [-0.39, 0.29) is 18.2 Å². The number of likely N-dealkylation sites (N-methyl/N-ethyl adjacent to an activating group) is 1. The van der Waals surface area contributed by atoms with Gasteiger partial charge in [-0.15, -0.1) is 0 Å². The number of hydrogen-bond acceptors (Lipinski definition) is 3. The zero-order valence-corrected chi connectivity index (χ0v) is 17.9. The molecule has 1 heterocycles. The van der Waals surface area contributed by atoms with E-state index in [0.29, 0.717) is 30.9 Å². The maximum Gasteiger partial charge on any atom is 0.231 e. The third-order valence-corrected chi connectivity index (χ3v) is 5.59. The SMILES string of the molecule is CCN(Cc1ccc(OCc2ccccc2)cc1)C(=O)C1CC(=O)Nc2cc(F)ccc21. The molecule has 2 amide bonds. The van der Waals surface area contributed by atoms with Crippen LogP contribution in [0.2, 0.25) is 0 Å².